The molecule has 1 aromatic rings. The minimum absolute atomic E-state index is 0.437. The van der Waals surface area contributed by atoms with Crippen molar-refractivity contribution >= 4 is 5.69 Å². The van der Waals surface area contributed by atoms with Crippen molar-refractivity contribution in [2.75, 3.05) is 11.4 Å². The zero-order chi connectivity index (χ0) is 15.7. The second-order valence-electron chi connectivity index (χ2n) is 5.94. The minimum atomic E-state index is 0.437. The number of hydrogen-bond acceptors (Lipinski definition) is 1. The van der Waals surface area contributed by atoms with Crippen LogP contribution in [0.4, 0.5) is 5.69 Å². The monoisotopic (exact) mass is 283 g/mol. The van der Waals surface area contributed by atoms with Crippen molar-refractivity contribution in [1.82, 2.24) is 0 Å². The predicted molar refractivity (Wildman–Crippen MR) is 95.9 cm³/mol. The van der Waals surface area contributed by atoms with Gasteiger partial charge in [-0.25, -0.2) is 0 Å². The van der Waals surface area contributed by atoms with E-state index in [1.165, 1.54) is 16.8 Å². The van der Waals surface area contributed by atoms with Crippen LogP contribution < -0.4 is 4.90 Å². The molecule has 0 heterocycles. The van der Waals surface area contributed by atoms with Gasteiger partial charge in [0.15, 0.2) is 0 Å². The summed E-state index contributed by atoms with van der Waals surface area (Å²) < 4.78 is 0. The fourth-order valence-electron chi connectivity index (χ4n) is 2.64. The van der Waals surface area contributed by atoms with E-state index in [1.807, 2.05) is 6.08 Å². The van der Waals surface area contributed by atoms with E-state index < -0.39 is 0 Å². The maximum absolute atomic E-state index is 4.10. The number of para-hydroxylation sites is 1. The van der Waals surface area contributed by atoms with Gasteiger partial charge in [0.1, 0.15) is 0 Å². The first-order chi connectivity index (χ1) is 10.0. The molecule has 0 unspecified atom stereocenters. The Morgan fingerprint density at radius 2 is 1.67 bits per heavy atom. The van der Waals surface area contributed by atoms with E-state index in [1.54, 1.807) is 0 Å². The lowest BCUT2D eigenvalue weighted by molar-refractivity contribution is 0.568. The highest BCUT2D eigenvalue weighted by Gasteiger charge is 2.18. The number of rotatable bonds is 10. The molecule has 0 aliphatic carbocycles. The third kappa shape index (κ3) is 6.48. The highest BCUT2D eigenvalue weighted by atomic mass is 15.2. The zero-order valence-electron chi connectivity index (χ0n) is 13.6. The molecule has 0 spiro atoms. The summed E-state index contributed by atoms with van der Waals surface area (Å²) in [4.78, 5) is 2.51. The van der Waals surface area contributed by atoms with Gasteiger partial charge in [-0.1, -0.05) is 35.4 Å². The first-order valence-electron chi connectivity index (χ1n) is 7.76. The summed E-state index contributed by atoms with van der Waals surface area (Å²) in [6.07, 6.45) is 6.19. The Balaban J connectivity index is 2.95. The Hall–Kier alpha value is -1.76. The molecule has 0 saturated heterocycles. The Bertz CT molecular complexity index is 442. The maximum atomic E-state index is 4.10. The zero-order valence-corrected chi connectivity index (χ0v) is 13.6. The van der Waals surface area contributed by atoms with E-state index in [-0.39, 0.29) is 0 Å². The topological polar surface area (TPSA) is 3.24 Å². The van der Waals surface area contributed by atoms with Crippen LogP contribution in [0.5, 0.6) is 0 Å². The fraction of sp³-hybridized carbons (Fsp3) is 0.400. The third-order valence-corrected chi connectivity index (χ3v) is 3.50. The molecular weight excluding hydrogens is 254 g/mol. The average molecular weight is 283 g/mol. The molecule has 1 aromatic carbocycles. The van der Waals surface area contributed by atoms with Crippen molar-refractivity contribution in [3.63, 3.8) is 0 Å². The number of nitrogens with zero attached hydrogens (tertiary/aromatic N) is 1. The Labute approximate surface area is 130 Å². The van der Waals surface area contributed by atoms with Crippen LogP contribution in [0.25, 0.3) is 0 Å². The van der Waals surface area contributed by atoms with Crippen LogP contribution in [0.15, 0.2) is 67.3 Å². The standard InChI is InChI=1S/C20H29N/c1-6-7-11-14-21(19-12-9-8-10-13-19)20(15-17(2)3)16-18(4)5/h6,8-10,12-13,20H,1-2,4,7,11,14-16H2,3,5H3. The molecule has 0 atom stereocenters. The Morgan fingerprint density at radius 1 is 1.10 bits per heavy atom. The molecule has 114 valence electrons. The van der Waals surface area contributed by atoms with Crippen LogP contribution in [0.1, 0.15) is 39.5 Å². The molecule has 21 heavy (non-hydrogen) atoms. The molecule has 1 rings (SSSR count). The number of anilines is 1. The van der Waals surface area contributed by atoms with Gasteiger partial charge in [0.05, 0.1) is 0 Å². The van der Waals surface area contributed by atoms with E-state index in [9.17, 15) is 0 Å². The largest absolute Gasteiger partial charge is 0.368 e. The lowest BCUT2D eigenvalue weighted by atomic mass is 9.99. The minimum Gasteiger partial charge on any atom is -0.368 e. The third-order valence-electron chi connectivity index (χ3n) is 3.50. The second-order valence-corrected chi connectivity index (χ2v) is 5.94. The molecule has 0 saturated carbocycles. The van der Waals surface area contributed by atoms with E-state index in [2.05, 4.69) is 68.8 Å². The van der Waals surface area contributed by atoms with Gasteiger partial charge in [-0.05, 0) is 51.7 Å². The summed E-state index contributed by atoms with van der Waals surface area (Å²) >= 11 is 0. The van der Waals surface area contributed by atoms with Crippen LogP contribution in [0.3, 0.4) is 0 Å². The van der Waals surface area contributed by atoms with Crippen molar-refractivity contribution < 1.29 is 0 Å². The first-order valence-corrected chi connectivity index (χ1v) is 7.76. The summed E-state index contributed by atoms with van der Waals surface area (Å²) in [6.45, 7) is 17.3. The van der Waals surface area contributed by atoms with E-state index in [0.717, 1.165) is 32.2 Å². The van der Waals surface area contributed by atoms with E-state index in [0.29, 0.717) is 6.04 Å². The van der Waals surface area contributed by atoms with E-state index in [4.69, 9.17) is 0 Å². The maximum Gasteiger partial charge on any atom is 0.0368 e. The van der Waals surface area contributed by atoms with Gasteiger partial charge in [-0.3, -0.25) is 0 Å². The van der Waals surface area contributed by atoms with Gasteiger partial charge >= 0.3 is 0 Å². The summed E-state index contributed by atoms with van der Waals surface area (Å²) in [5.74, 6) is 0. The quantitative estimate of drug-likeness (QED) is 0.390. The van der Waals surface area contributed by atoms with Crippen molar-refractivity contribution in [1.29, 1.82) is 0 Å². The van der Waals surface area contributed by atoms with Crippen molar-refractivity contribution in [3.8, 4) is 0 Å². The number of allylic oxidation sites excluding steroid dienone is 1. The van der Waals surface area contributed by atoms with Gasteiger partial charge in [-0.15, -0.1) is 19.7 Å². The van der Waals surface area contributed by atoms with Gasteiger partial charge in [-0.2, -0.15) is 0 Å². The highest BCUT2D eigenvalue weighted by molar-refractivity contribution is 5.47. The molecular formula is C20H29N. The molecule has 0 radical (unpaired) electrons. The van der Waals surface area contributed by atoms with Crippen LogP contribution in [-0.4, -0.2) is 12.6 Å². The molecule has 0 aromatic heterocycles. The van der Waals surface area contributed by atoms with Gasteiger partial charge < -0.3 is 4.90 Å². The first kappa shape index (κ1) is 17.3. The Morgan fingerprint density at radius 3 is 2.14 bits per heavy atom. The summed E-state index contributed by atoms with van der Waals surface area (Å²) in [6, 6.07) is 11.1. The molecule has 0 fully saturated rings. The van der Waals surface area contributed by atoms with Crippen LogP contribution in [0, 0.1) is 0 Å². The second kappa shape index (κ2) is 9.23. The van der Waals surface area contributed by atoms with E-state index >= 15 is 0 Å². The lowest BCUT2D eigenvalue weighted by Gasteiger charge is -2.34. The number of hydrogen-bond donors (Lipinski definition) is 0. The normalized spacial score (nSPS) is 10.4. The highest BCUT2D eigenvalue weighted by Crippen LogP contribution is 2.24. The Kier molecular flexibility index (Phi) is 7.60. The van der Waals surface area contributed by atoms with Crippen molar-refractivity contribution in [2.24, 2.45) is 0 Å². The van der Waals surface area contributed by atoms with Gasteiger partial charge in [0.25, 0.3) is 0 Å². The number of benzene rings is 1. The molecule has 0 bridgehead atoms. The fourth-order valence-corrected chi connectivity index (χ4v) is 2.64. The summed E-state index contributed by atoms with van der Waals surface area (Å²) in [5.41, 5.74) is 3.74. The van der Waals surface area contributed by atoms with Gasteiger partial charge in [0, 0.05) is 18.3 Å². The average Bonchev–Trinajstić information content (AvgIpc) is 2.43. The molecule has 1 nitrogen and oxygen atoms in total. The smallest absolute Gasteiger partial charge is 0.0368 e. The number of unbranched alkanes of at least 4 members (excludes halogenated alkanes) is 1. The summed E-state index contributed by atoms with van der Waals surface area (Å²) in [5, 5.41) is 0. The molecule has 1 heteroatoms. The molecule has 0 amide bonds. The van der Waals surface area contributed by atoms with Crippen LogP contribution in [-0.2, 0) is 0 Å². The van der Waals surface area contributed by atoms with Crippen molar-refractivity contribution in [2.45, 2.75) is 45.6 Å². The molecule has 0 aliphatic heterocycles. The summed E-state index contributed by atoms with van der Waals surface area (Å²) in [7, 11) is 0. The SMILES string of the molecule is C=CCCCN(c1ccccc1)C(CC(=C)C)CC(=C)C. The van der Waals surface area contributed by atoms with Crippen LogP contribution in [0.2, 0.25) is 0 Å². The predicted octanol–water partition coefficient (Wildman–Crippen LogP) is 5.76. The van der Waals surface area contributed by atoms with Crippen LogP contribution >= 0.6 is 0 Å². The molecule has 0 aliphatic rings. The molecule has 0 N–H and O–H groups in total. The van der Waals surface area contributed by atoms with Crippen molar-refractivity contribution in [3.05, 3.63) is 67.3 Å². The lowest BCUT2D eigenvalue weighted by Crippen LogP contribution is -2.36. The van der Waals surface area contributed by atoms with Gasteiger partial charge in [0.2, 0.25) is 0 Å².